The van der Waals surface area contributed by atoms with E-state index >= 15 is 0 Å². The van der Waals surface area contributed by atoms with Gasteiger partial charge in [0.05, 0.1) is 17.1 Å². The van der Waals surface area contributed by atoms with Crippen molar-refractivity contribution in [3.05, 3.63) is 23.3 Å². The van der Waals surface area contributed by atoms with Gasteiger partial charge in [0.2, 0.25) is 0 Å². The van der Waals surface area contributed by atoms with Gasteiger partial charge in [0.1, 0.15) is 17.8 Å². The Hall–Kier alpha value is -1.50. The van der Waals surface area contributed by atoms with Crippen molar-refractivity contribution >= 4 is 11.8 Å². The molecule has 11 atom stereocenters. The van der Waals surface area contributed by atoms with Crippen LogP contribution in [0.5, 0.6) is 0 Å². The van der Waals surface area contributed by atoms with Gasteiger partial charge >= 0.3 is 5.97 Å². The number of cyclic esters (lactones) is 1. The van der Waals surface area contributed by atoms with Gasteiger partial charge in [-0.1, -0.05) is 19.4 Å². The highest BCUT2D eigenvalue weighted by molar-refractivity contribution is 5.98. The quantitative estimate of drug-likeness (QED) is 0.474. The van der Waals surface area contributed by atoms with Crippen LogP contribution in [0, 0.1) is 34.5 Å². The fourth-order valence-corrected chi connectivity index (χ4v) is 9.47. The second kappa shape index (κ2) is 6.83. The molecule has 0 unspecified atom stereocenters. The van der Waals surface area contributed by atoms with Crippen LogP contribution in [0.25, 0.3) is 0 Å². The summed E-state index contributed by atoms with van der Waals surface area (Å²) in [5.41, 5.74) is -1.02. The lowest BCUT2D eigenvalue weighted by Gasteiger charge is -2.59. The zero-order chi connectivity index (χ0) is 24.4. The van der Waals surface area contributed by atoms with Crippen LogP contribution in [0.15, 0.2) is 23.3 Å². The van der Waals surface area contributed by atoms with Crippen LogP contribution in [0.3, 0.4) is 0 Å². The van der Waals surface area contributed by atoms with Crippen molar-refractivity contribution in [2.45, 2.75) is 103 Å². The lowest BCUT2D eigenvalue weighted by molar-refractivity contribution is -0.188. The third-order valence-electron chi connectivity index (χ3n) is 11.9. The summed E-state index contributed by atoms with van der Waals surface area (Å²) >= 11 is 0. The Balaban J connectivity index is 1.32. The van der Waals surface area contributed by atoms with Crippen molar-refractivity contribution in [2.75, 3.05) is 0 Å². The van der Waals surface area contributed by atoms with Gasteiger partial charge in [-0.15, -0.1) is 0 Å². The Morgan fingerprint density at radius 2 is 1.82 bits per heavy atom. The van der Waals surface area contributed by atoms with Gasteiger partial charge in [0.25, 0.3) is 0 Å². The normalized spacial score (nSPS) is 54.6. The van der Waals surface area contributed by atoms with E-state index in [1.807, 2.05) is 20.8 Å². The highest BCUT2D eigenvalue weighted by atomic mass is 16.6. The van der Waals surface area contributed by atoms with Gasteiger partial charge in [-0.25, -0.2) is 4.79 Å². The number of epoxide rings is 1. The Kier molecular flexibility index (Phi) is 4.61. The molecule has 4 fully saturated rings. The van der Waals surface area contributed by atoms with E-state index in [1.54, 1.807) is 12.2 Å². The fourth-order valence-electron chi connectivity index (χ4n) is 9.47. The van der Waals surface area contributed by atoms with Crippen molar-refractivity contribution in [3.8, 4) is 0 Å². The molecule has 6 rings (SSSR count). The summed E-state index contributed by atoms with van der Waals surface area (Å²) < 4.78 is 12.0. The molecule has 2 aliphatic heterocycles. The monoisotopic (exact) mass is 470 g/mol. The molecular formula is C28H38O6. The topological polar surface area (TPSA) is 96.4 Å². The SMILES string of the molecule is CC1=C(C)C(=O)O[C@@H]([C@@H](C)[C@@]2(O)CC[C@H]3[C@@H]4C[C@H]5O[C@]56[C@@H](O)C=CC(=O)[C@]6(C)[C@H]4CC[C@@]32C)C1. The second-order valence-corrected chi connectivity index (χ2v) is 12.6. The minimum atomic E-state index is -0.936. The van der Waals surface area contributed by atoms with Crippen LogP contribution < -0.4 is 0 Å². The summed E-state index contributed by atoms with van der Waals surface area (Å²) in [7, 11) is 0. The first-order valence-corrected chi connectivity index (χ1v) is 13.1. The minimum Gasteiger partial charge on any atom is -0.458 e. The molecule has 1 saturated heterocycles. The summed E-state index contributed by atoms with van der Waals surface area (Å²) in [4.78, 5) is 25.7. The lowest BCUT2D eigenvalue weighted by Crippen LogP contribution is -2.65. The largest absolute Gasteiger partial charge is 0.458 e. The van der Waals surface area contributed by atoms with Gasteiger partial charge in [-0.3, -0.25) is 4.79 Å². The number of hydrogen-bond acceptors (Lipinski definition) is 6. The number of ether oxygens (including phenoxy) is 2. The molecule has 0 radical (unpaired) electrons. The molecule has 0 bridgehead atoms. The van der Waals surface area contributed by atoms with Crippen LogP contribution in [-0.4, -0.2) is 51.5 Å². The van der Waals surface area contributed by atoms with Crippen LogP contribution in [0.2, 0.25) is 0 Å². The zero-order valence-electron chi connectivity index (χ0n) is 21.0. The predicted molar refractivity (Wildman–Crippen MR) is 125 cm³/mol. The lowest BCUT2D eigenvalue weighted by atomic mass is 9.44. The van der Waals surface area contributed by atoms with Gasteiger partial charge < -0.3 is 19.7 Å². The predicted octanol–water partition coefficient (Wildman–Crippen LogP) is 3.50. The molecule has 0 aromatic rings. The smallest absolute Gasteiger partial charge is 0.333 e. The molecule has 6 heteroatoms. The van der Waals surface area contributed by atoms with E-state index in [1.165, 1.54) is 0 Å². The molecule has 34 heavy (non-hydrogen) atoms. The molecule has 3 saturated carbocycles. The number of fused-ring (bicyclic) bond motifs is 4. The summed E-state index contributed by atoms with van der Waals surface area (Å²) in [5, 5.41) is 23.1. The first-order valence-electron chi connectivity index (χ1n) is 13.1. The molecule has 0 amide bonds. The van der Waals surface area contributed by atoms with E-state index in [4.69, 9.17) is 9.47 Å². The Labute approximate surface area is 201 Å². The maximum atomic E-state index is 13.3. The van der Waals surface area contributed by atoms with Crippen molar-refractivity contribution in [2.24, 2.45) is 34.5 Å². The molecule has 6 aliphatic rings. The van der Waals surface area contributed by atoms with Crippen LogP contribution in [-0.2, 0) is 19.1 Å². The molecule has 0 aromatic carbocycles. The number of rotatable bonds is 2. The summed E-state index contributed by atoms with van der Waals surface area (Å²) in [6.45, 7) is 10.1. The van der Waals surface area contributed by atoms with E-state index in [2.05, 4.69) is 13.8 Å². The molecule has 2 N–H and O–H groups in total. The molecule has 0 aromatic heterocycles. The molecule has 186 valence electrons. The zero-order valence-corrected chi connectivity index (χ0v) is 21.0. The van der Waals surface area contributed by atoms with Crippen molar-refractivity contribution < 1.29 is 29.3 Å². The van der Waals surface area contributed by atoms with Gasteiger partial charge in [-0.05, 0) is 88.2 Å². The third-order valence-corrected chi connectivity index (χ3v) is 11.9. The Bertz CT molecular complexity index is 1030. The molecule has 1 spiro atoms. The van der Waals surface area contributed by atoms with Crippen molar-refractivity contribution in [3.63, 3.8) is 0 Å². The molecule has 4 aliphatic carbocycles. The van der Waals surface area contributed by atoms with Crippen molar-refractivity contribution in [1.29, 1.82) is 0 Å². The van der Waals surface area contributed by atoms with Gasteiger partial charge in [-0.2, -0.15) is 0 Å². The summed E-state index contributed by atoms with van der Waals surface area (Å²) in [5.74, 6) is 0.304. The minimum absolute atomic E-state index is 0.0759. The summed E-state index contributed by atoms with van der Waals surface area (Å²) in [6.07, 6.45) is 6.73. The number of allylic oxidation sites excluding steroid dienone is 1. The van der Waals surface area contributed by atoms with E-state index in [0.717, 1.165) is 31.3 Å². The average Bonchev–Trinajstić information content (AvgIpc) is 3.47. The number of ketones is 1. The maximum Gasteiger partial charge on any atom is 0.333 e. The Morgan fingerprint density at radius 3 is 2.53 bits per heavy atom. The van der Waals surface area contributed by atoms with Crippen LogP contribution >= 0.6 is 0 Å². The molecule has 6 nitrogen and oxygen atoms in total. The number of aliphatic hydroxyl groups is 2. The standard InChI is InChI=1S/C28H38O6/c1-14-12-20(33-24(31)15(14)2)16(3)27(32)11-9-18-17-13-23-28(34-23)22(30)7-6-21(29)26(28,5)19(17)8-10-25(18,27)4/h6-7,16-20,22-23,30,32H,8-13H2,1-5H3/t16-,17+,18+,19+,20-,22+,23-,25+,26+,27+,28-/m1/s1. The molecular weight excluding hydrogens is 432 g/mol. The highest BCUT2D eigenvalue weighted by Gasteiger charge is 2.81. The number of esters is 1. The second-order valence-electron chi connectivity index (χ2n) is 12.6. The number of hydrogen-bond donors (Lipinski definition) is 2. The van der Waals surface area contributed by atoms with Crippen LogP contribution in [0.4, 0.5) is 0 Å². The number of aliphatic hydroxyl groups excluding tert-OH is 1. The summed E-state index contributed by atoms with van der Waals surface area (Å²) in [6, 6.07) is 0. The maximum absolute atomic E-state index is 13.3. The van der Waals surface area contributed by atoms with E-state index in [-0.39, 0.29) is 53.0 Å². The first-order chi connectivity index (χ1) is 15.9. The van der Waals surface area contributed by atoms with Crippen molar-refractivity contribution in [1.82, 2.24) is 0 Å². The van der Waals surface area contributed by atoms with Crippen LogP contribution in [0.1, 0.15) is 73.1 Å². The number of carbonyl (C=O) groups excluding carboxylic acids is 2. The van der Waals surface area contributed by atoms with E-state index in [0.29, 0.717) is 18.4 Å². The fraction of sp³-hybridized carbons (Fsp3) is 0.786. The van der Waals surface area contributed by atoms with E-state index in [9.17, 15) is 19.8 Å². The Morgan fingerprint density at radius 1 is 1.12 bits per heavy atom. The van der Waals surface area contributed by atoms with Gasteiger partial charge in [0, 0.05) is 17.9 Å². The molecule has 2 heterocycles. The van der Waals surface area contributed by atoms with Gasteiger partial charge in [0.15, 0.2) is 5.78 Å². The number of carbonyl (C=O) groups is 2. The third kappa shape index (κ3) is 2.43. The average molecular weight is 471 g/mol. The van der Waals surface area contributed by atoms with E-state index < -0.39 is 22.7 Å². The highest BCUT2D eigenvalue weighted by Crippen LogP contribution is 2.73. The first kappa shape index (κ1) is 22.9.